The number of hydrogen-bond acceptors (Lipinski definition) is 9. The average molecular weight is 549 g/mol. The van der Waals surface area contributed by atoms with Crippen molar-refractivity contribution in [3.8, 4) is 0 Å². The van der Waals surface area contributed by atoms with Crippen molar-refractivity contribution in [1.82, 2.24) is 15.5 Å². The van der Waals surface area contributed by atoms with Gasteiger partial charge in [-0.2, -0.15) is 15.0 Å². The molecule has 14 heteroatoms. The molecule has 12 nitrogen and oxygen atoms in total. The summed E-state index contributed by atoms with van der Waals surface area (Å²) in [5.41, 5.74) is 0. The third kappa shape index (κ3) is 32.2. The summed E-state index contributed by atoms with van der Waals surface area (Å²) in [5, 5.41) is 4.25. The Morgan fingerprint density at radius 2 is 1.21 bits per heavy atom. The maximum atomic E-state index is 11.1. The molecule has 2 N–H and O–H groups in total. The molecule has 2 radical (unpaired) electrons. The number of nitrogens with one attached hydrogen (secondary N) is 2. The smallest absolute Gasteiger partial charge is 0.325 e. The van der Waals surface area contributed by atoms with Gasteiger partial charge in [-0.05, 0) is 0 Å². The van der Waals surface area contributed by atoms with E-state index < -0.39 is 24.5 Å². The zero-order chi connectivity index (χ0) is 18.1. The Bertz CT molecular complexity index is 569. The third-order valence-electron chi connectivity index (χ3n) is 1.62. The van der Waals surface area contributed by atoms with Gasteiger partial charge in [0.2, 0.25) is 18.2 Å². The number of hydrogen-bond donors (Lipinski definition) is 2. The Kier molecular flexibility index (Phi) is 53.6. The second-order valence-electron chi connectivity index (χ2n) is 3.11. The first-order chi connectivity index (χ1) is 10.9. The second-order valence-corrected chi connectivity index (χ2v) is 3.11. The molecule has 0 aliphatic heterocycles. The summed E-state index contributed by atoms with van der Waals surface area (Å²) >= 11 is 0. The fraction of sp³-hybridized carbons (Fsp3) is 0.357. The maximum Gasteiger partial charge on any atom is 0.325 e. The first-order valence-electron chi connectivity index (χ1n) is 5.52. The number of amides is 4. The molecule has 0 saturated carbocycles. The minimum absolute atomic E-state index is 0. The molecular formula is C14H23N6O6Y2-3. The largest absolute Gasteiger partial charge is 0.361 e. The molecule has 0 aliphatic rings. The van der Waals surface area contributed by atoms with Crippen molar-refractivity contribution >= 4 is 36.1 Å². The van der Waals surface area contributed by atoms with E-state index in [1.807, 2.05) is 0 Å². The monoisotopic (exact) mass is 549 g/mol. The van der Waals surface area contributed by atoms with Gasteiger partial charge in [-0.15, -0.1) is 0 Å². The predicted molar refractivity (Wildman–Crippen MR) is 93.1 cm³/mol. The summed E-state index contributed by atoms with van der Waals surface area (Å²) in [6.45, 7) is 5.10. The summed E-state index contributed by atoms with van der Waals surface area (Å²) in [6, 6.07) is -0.868. The van der Waals surface area contributed by atoms with Gasteiger partial charge in [0.25, 0.3) is 0 Å². The fourth-order valence-electron chi connectivity index (χ4n) is 0.751. The van der Waals surface area contributed by atoms with E-state index in [-0.39, 0.29) is 101 Å². The van der Waals surface area contributed by atoms with Crippen LogP contribution >= 0.6 is 0 Å². The van der Waals surface area contributed by atoms with Crippen LogP contribution in [0.3, 0.4) is 0 Å². The predicted octanol–water partition coefficient (Wildman–Crippen LogP) is -0.107. The van der Waals surface area contributed by atoms with Gasteiger partial charge in [-0.3, -0.25) is 4.90 Å². The van der Waals surface area contributed by atoms with Gasteiger partial charge < -0.3 is 41.5 Å². The zero-order valence-electron chi connectivity index (χ0n) is 13.9. The van der Waals surface area contributed by atoms with Crippen LogP contribution in [0, 0.1) is 21.3 Å². The van der Waals surface area contributed by atoms with Crippen LogP contribution in [0.4, 0.5) is 4.79 Å². The second kappa shape index (κ2) is 33.1. The molecule has 0 aromatic rings. The quantitative estimate of drug-likeness (QED) is 0.267. The van der Waals surface area contributed by atoms with Crippen LogP contribution < -0.4 is 10.6 Å². The van der Waals surface area contributed by atoms with E-state index in [2.05, 4.69) is 39.5 Å². The molecule has 0 unspecified atom stereocenters. The van der Waals surface area contributed by atoms with Crippen LogP contribution in [-0.2, 0) is 89.4 Å². The summed E-state index contributed by atoms with van der Waals surface area (Å²) in [6.07, 6.45) is 3.61. The molecule has 0 fully saturated rings. The summed E-state index contributed by atoms with van der Waals surface area (Å²) < 4.78 is 0. The molecular weight excluding hydrogens is 526 g/mol. The number of rotatable bonds is 6. The number of nitrogens with zero attached hydrogens (tertiary/aromatic N) is 4. The van der Waals surface area contributed by atoms with Gasteiger partial charge in [0.1, 0.15) is 20.0 Å². The Hall–Kier alpha value is -1.50. The molecule has 0 bridgehead atoms. The van der Waals surface area contributed by atoms with Crippen LogP contribution in [0.15, 0.2) is 15.0 Å². The Morgan fingerprint density at radius 3 is 1.54 bits per heavy atom. The molecule has 0 heterocycles. The van der Waals surface area contributed by atoms with Crippen LogP contribution in [0.25, 0.3) is 0 Å². The molecule has 0 spiro atoms. The van der Waals surface area contributed by atoms with Crippen LogP contribution in [0.2, 0.25) is 0 Å². The number of urea groups is 1. The van der Waals surface area contributed by atoms with Crippen molar-refractivity contribution in [1.29, 1.82) is 0 Å². The van der Waals surface area contributed by atoms with E-state index in [1.54, 1.807) is 0 Å². The fourth-order valence-corrected chi connectivity index (χ4v) is 0.751. The molecule has 0 aromatic heterocycles. The van der Waals surface area contributed by atoms with E-state index in [0.29, 0.717) is 4.90 Å². The minimum Gasteiger partial charge on any atom is -0.361 e. The molecule has 0 saturated heterocycles. The van der Waals surface area contributed by atoms with Crippen molar-refractivity contribution in [2.75, 3.05) is 20.0 Å². The van der Waals surface area contributed by atoms with Crippen molar-refractivity contribution in [3.63, 3.8) is 0 Å². The molecule has 0 aromatic carbocycles. The zero-order valence-corrected chi connectivity index (χ0v) is 19.6. The Labute approximate surface area is 215 Å². The van der Waals surface area contributed by atoms with Gasteiger partial charge in [0.05, 0.1) is 11.8 Å². The van der Waals surface area contributed by atoms with Crippen molar-refractivity contribution in [2.45, 2.75) is 14.9 Å². The molecule has 0 atom stereocenters. The Balaban J connectivity index is -0.0000000599. The number of imide groups is 1. The van der Waals surface area contributed by atoms with Gasteiger partial charge >= 0.3 is 6.03 Å². The number of isocyanates is 3. The molecule has 4 amide bonds. The van der Waals surface area contributed by atoms with Crippen molar-refractivity contribution in [3.05, 3.63) is 21.3 Å². The Morgan fingerprint density at radius 1 is 0.821 bits per heavy atom. The van der Waals surface area contributed by atoms with Crippen LogP contribution in [0.1, 0.15) is 14.9 Å². The van der Waals surface area contributed by atoms with Gasteiger partial charge in [0.15, 0.2) is 0 Å². The topological polar surface area (TPSA) is 167 Å². The van der Waals surface area contributed by atoms with E-state index in [4.69, 9.17) is 0 Å². The van der Waals surface area contributed by atoms with Gasteiger partial charge in [-0.1, -0.05) is 14.9 Å². The van der Waals surface area contributed by atoms with Crippen LogP contribution in [-0.4, -0.2) is 61.0 Å². The maximum absolute atomic E-state index is 11.1. The van der Waals surface area contributed by atoms with Crippen molar-refractivity contribution < 1.29 is 94.2 Å². The average Bonchev–Trinajstić information content (AvgIpc) is 2.48. The third-order valence-corrected chi connectivity index (χ3v) is 1.62. The van der Waals surface area contributed by atoms with Gasteiger partial charge in [0, 0.05) is 65.4 Å². The van der Waals surface area contributed by atoms with Crippen LogP contribution in [0.5, 0.6) is 0 Å². The summed E-state index contributed by atoms with van der Waals surface area (Å²) in [7, 11) is 0. The van der Waals surface area contributed by atoms with E-state index in [9.17, 15) is 28.8 Å². The molecule has 154 valence electrons. The minimum atomic E-state index is -0.868. The molecule has 28 heavy (non-hydrogen) atoms. The number of carbonyl (C=O) groups is 3. The molecule has 0 aliphatic carbocycles. The molecule has 0 rings (SSSR count). The van der Waals surface area contributed by atoms with Crippen molar-refractivity contribution in [2.24, 2.45) is 15.0 Å². The summed E-state index contributed by atoms with van der Waals surface area (Å²) in [4.78, 5) is 70.2. The SMILES string of the molecule is C.C.[CH2-]C(=O)N(CN=C=O)C(=O)NCN=C=O.[CH2-]C(=O)NCN=C=O.[CH3-].[Y].[Y]. The normalized spacial score (nSPS) is 6.29. The van der Waals surface area contributed by atoms with E-state index in [1.165, 1.54) is 12.2 Å². The first-order valence-corrected chi connectivity index (χ1v) is 5.52. The first kappa shape index (κ1) is 45.3. The number of carbonyl (C=O) groups excluding carboxylic acids is 6. The standard InChI is InChI=1S/C7H7N4O4.C4H5N2O2.2CH4.CH3.2Y/c1-6(14)11(3-9-5-13)7(15)10-2-8-4-12;1-4(8)6-2-5-3-7;;;;;/h1-3H2,(H,10,15);1-2H2,(H,6,8);2*1H4;1H3;;/q2*-1;;;-1;;. The van der Waals surface area contributed by atoms with E-state index in [0.717, 1.165) is 6.08 Å². The number of aliphatic imine (C=N–C) groups is 3. The summed E-state index contributed by atoms with van der Waals surface area (Å²) in [5.74, 6) is -1.30. The van der Waals surface area contributed by atoms with Gasteiger partial charge in [-0.25, -0.2) is 19.2 Å². The van der Waals surface area contributed by atoms with E-state index >= 15 is 0 Å².